The number of thioether (sulfide) groups is 1. The number of carbonyl (C=O) groups is 2. The maximum atomic E-state index is 12.9. The first-order valence-corrected chi connectivity index (χ1v) is 14.8. The van der Waals surface area contributed by atoms with E-state index < -0.39 is 6.23 Å². The summed E-state index contributed by atoms with van der Waals surface area (Å²) in [6, 6.07) is 16.7. The first kappa shape index (κ1) is 27.1. The van der Waals surface area contributed by atoms with Crippen LogP contribution in [0.4, 0.5) is 11.5 Å². The Hall–Kier alpha value is -3.51. The van der Waals surface area contributed by atoms with Gasteiger partial charge >= 0.3 is 0 Å². The largest absolute Gasteiger partial charge is 0.378 e. The van der Waals surface area contributed by atoms with E-state index >= 15 is 0 Å². The number of benzene rings is 1. The van der Waals surface area contributed by atoms with Gasteiger partial charge in [-0.15, -0.1) is 11.3 Å². The molecule has 0 bridgehead atoms. The van der Waals surface area contributed by atoms with E-state index in [-0.39, 0.29) is 11.8 Å². The Bertz CT molecular complexity index is 1430. The van der Waals surface area contributed by atoms with Gasteiger partial charge in [0.15, 0.2) is 0 Å². The van der Waals surface area contributed by atoms with Crippen molar-refractivity contribution in [2.45, 2.75) is 13.2 Å². The minimum Gasteiger partial charge on any atom is -0.378 e. The molecule has 5 rings (SSSR count). The number of thiophene rings is 1. The predicted octanol–water partition coefficient (Wildman–Crippen LogP) is 4.14. The fourth-order valence-corrected chi connectivity index (χ4v) is 6.15. The summed E-state index contributed by atoms with van der Waals surface area (Å²) in [5.41, 5.74) is 2.72. The summed E-state index contributed by atoms with van der Waals surface area (Å²) in [6.45, 7) is 4.42. The minimum atomic E-state index is -0.466. The van der Waals surface area contributed by atoms with E-state index in [9.17, 15) is 14.7 Å². The van der Waals surface area contributed by atoms with Crippen LogP contribution in [0.5, 0.6) is 0 Å². The van der Waals surface area contributed by atoms with Crippen molar-refractivity contribution in [3.05, 3.63) is 71.2 Å². The summed E-state index contributed by atoms with van der Waals surface area (Å²) in [4.78, 5) is 38.1. The molecule has 1 saturated heterocycles. The molecule has 2 amide bonds. The van der Waals surface area contributed by atoms with Crippen LogP contribution in [-0.2, 0) is 0 Å². The van der Waals surface area contributed by atoms with Crippen LogP contribution in [0.3, 0.4) is 0 Å². The van der Waals surface area contributed by atoms with Crippen molar-refractivity contribution in [3.8, 4) is 11.3 Å². The lowest BCUT2D eigenvalue weighted by molar-refractivity contribution is 0.0239. The third-order valence-electron chi connectivity index (χ3n) is 6.34. The van der Waals surface area contributed by atoms with Crippen LogP contribution in [0.1, 0.15) is 27.0 Å². The van der Waals surface area contributed by atoms with E-state index in [0.29, 0.717) is 53.0 Å². The molecule has 0 saturated carbocycles. The number of fused-ring (bicyclic) bond motifs is 1. The van der Waals surface area contributed by atoms with Crippen LogP contribution >= 0.6 is 23.1 Å². The van der Waals surface area contributed by atoms with Gasteiger partial charge in [-0.3, -0.25) is 14.5 Å². The Morgan fingerprint density at radius 1 is 1.13 bits per heavy atom. The van der Waals surface area contributed by atoms with Gasteiger partial charge in [0.05, 0.1) is 16.1 Å². The van der Waals surface area contributed by atoms with Crippen molar-refractivity contribution in [2.75, 3.05) is 48.3 Å². The highest BCUT2D eigenvalue weighted by molar-refractivity contribution is 7.99. The van der Waals surface area contributed by atoms with Crippen molar-refractivity contribution in [1.82, 2.24) is 20.2 Å². The first-order chi connectivity index (χ1) is 19.0. The third-order valence-corrected chi connectivity index (χ3v) is 8.40. The SMILES string of the molecule is CCNc1nc(-c2ccc(NC(=O)c3cc4cccnc4s3)cc2)ccc1C(=O)NCCN1CCSCC1O. The van der Waals surface area contributed by atoms with Crippen LogP contribution in [0, 0.1) is 0 Å². The molecule has 4 N–H and O–H groups in total. The molecule has 11 heteroatoms. The van der Waals surface area contributed by atoms with Crippen molar-refractivity contribution in [2.24, 2.45) is 0 Å². The molecular weight excluding hydrogens is 532 g/mol. The number of aliphatic hydroxyl groups is 1. The summed E-state index contributed by atoms with van der Waals surface area (Å²) in [5.74, 6) is 1.80. The lowest BCUT2D eigenvalue weighted by Crippen LogP contribution is -2.45. The van der Waals surface area contributed by atoms with Gasteiger partial charge in [0, 0.05) is 60.5 Å². The number of pyridine rings is 2. The molecule has 0 aliphatic carbocycles. The zero-order valence-electron chi connectivity index (χ0n) is 21.5. The number of anilines is 2. The Balaban J connectivity index is 1.23. The maximum absolute atomic E-state index is 12.9. The second kappa shape index (κ2) is 12.6. The molecule has 4 aromatic rings. The van der Waals surface area contributed by atoms with Gasteiger partial charge in [-0.2, -0.15) is 11.8 Å². The smallest absolute Gasteiger partial charge is 0.265 e. The second-order valence-electron chi connectivity index (χ2n) is 9.01. The summed E-state index contributed by atoms with van der Waals surface area (Å²) in [6.07, 6.45) is 1.25. The van der Waals surface area contributed by atoms with Crippen molar-refractivity contribution >= 4 is 56.6 Å². The Morgan fingerprint density at radius 2 is 1.97 bits per heavy atom. The van der Waals surface area contributed by atoms with Crippen LogP contribution in [-0.4, -0.2) is 75.7 Å². The highest BCUT2D eigenvalue weighted by Gasteiger charge is 2.20. The summed E-state index contributed by atoms with van der Waals surface area (Å²) in [7, 11) is 0. The Kier molecular flexibility index (Phi) is 8.72. The van der Waals surface area contributed by atoms with Gasteiger partial charge in [-0.05, 0) is 43.3 Å². The van der Waals surface area contributed by atoms with Crippen LogP contribution < -0.4 is 16.0 Å². The molecule has 1 aliphatic rings. The van der Waals surface area contributed by atoms with Crippen LogP contribution in [0.15, 0.2) is 60.8 Å². The van der Waals surface area contributed by atoms with Crippen molar-refractivity contribution in [1.29, 1.82) is 0 Å². The van der Waals surface area contributed by atoms with Crippen molar-refractivity contribution < 1.29 is 14.7 Å². The lowest BCUT2D eigenvalue weighted by atomic mass is 10.1. The number of rotatable bonds is 9. The van der Waals surface area contributed by atoms with E-state index in [1.165, 1.54) is 11.3 Å². The average Bonchev–Trinajstić information content (AvgIpc) is 3.39. The molecular formula is C28H30N6O3S2. The zero-order chi connectivity index (χ0) is 27.2. The van der Waals surface area contributed by atoms with E-state index in [2.05, 4.69) is 20.9 Å². The molecule has 202 valence electrons. The fourth-order valence-electron chi connectivity index (χ4n) is 4.30. The quantitative estimate of drug-likeness (QED) is 0.240. The Morgan fingerprint density at radius 3 is 2.74 bits per heavy atom. The van der Waals surface area contributed by atoms with E-state index in [0.717, 1.165) is 28.1 Å². The highest BCUT2D eigenvalue weighted by atomic mass is 32.2. The topological polar surface area (TPSA) is 119 Å². The van der Waals surface area contributed by atoms with Gasteiger partial charge in [-0.25, -0.2) is 9.97 Å². The van der Waals surface area contributed by atoms with Gasteiger partial charge < -0.3 is 21.1 Å². The molecule has 1 atom stereocenters. The number of nitrogens with one attached hydrogen (secondary N) is 3. The molecule has 9 nitrogen and oxygen atoms in total. The molecule has 1 unspecified atom stereocenters. The minimum absolute atomic E-state index is 0.178. The monoisotopic (exact) mass is 562 g/mol. The number of aliphatic hydroxyl groups excluding tert-OH is 1. The Labute approximate surface area is 235 Å². The third kappa shape index (κ3) is 6.56. The maximum Gasteiger partial charge on any atom is 0.265 e. The standard InChI is InChI=1S/C28H30N6O3S2/c1-2-29-25-21(26(36)30-12-13-34-14-15-38-17-24(34)35)9-10-22(33-25)18-5-7-20(8-6-18)32-27(37)23-16-19-4-3-11-31-28(19)39-23/h3-11,16,24,35H,2,12-15,17H2,1H3,(H,29,33)(H,30,36)(H,32,37). The normalized spacial score (nSPS) is 15.7. The summed E-state index contributed by atoms with van der Waals surface area (Å²) in [5, 5.41) is 20.1. The van der Waals surface area contributed by atoms with Gasteiger partial charge in [0.1, 0.15) is 16.9 Å². The average molecular weight is 563 g/mol. The van der Waals surface area contributed by atoms with E-state index in [1.807, 2.05) is 60.4 Å². The van der Waals surface area contributed by atoms with Crippen LogP contribution in [0.2, 0.25) is 0 Å². The predicted molar refractivity (Wildman–Crippen MR) is 159 cm³/mol. The van der Waals surface area contributed by atoms with Gasteiger partial charge in [0.25, 0.3) is 11.8 Å². The molecule has 0 radical (unpaired) electrons. The van der Waals surface area contributed by atoms with Gasteiger partial charge in [-0.1, -0.05) is 18.2 Å². The van der Waals surface area contributed by atoms with E-state index in [4.69, 9.17) is 4.98 Å². The number of nitrogens with zero attached hydrogens (tertiary/aromatic N) is 3. The van der Waals surface area contributed by atoms with Crippen molar-refractivity contribution in [3.63, 3.8) is 0 Å². The molecule has 1 fully saturated rings. The fraction of sp³-hybridized carbons (Fsp3) is 0.286. The summed E-state index contributed by atoms with van der Waals surface area (Å²) >= 11 is 3.10. The first-order valence-electron chi connectivity index (χ1n) is 12.8. The molecule has 4 heterocycles. The molecule has 1 aliphatic heterocycles. The van der Waals surface area contributed by atoms with E-state index in [1.54, 1.807) is 24.0 Å². The zero-order valence-corrected chi connectivity index (χ0v) is 23.1. The number of hydrogen-bond acceptors (Lipinski definition) is 9. The molecule has 39 heavy (non-hydrogen) atoms. The lowest BCUT2D eigenvalue weighted by Gasteiger charge is -2.31. The molecule has 1 aromatic carbocycles. The van der Waals surface area contributed by atoms with Crippen LogP contribution in [0.25, 0.3) is 21.5 Å². The molecule has 0 spiro atoms. The van der Waals surface area contributed by atoms with Gasteiger partial charge in [0.2, 0.25) is 0 Å². The number of amides is 2. The number of aromatic nitrogens is 2. The molecule has 3 aromatic heterocycles. The number of hydrogen-bond donors (Lipinski definition) is 4. The highest BCUT2D eigenvalue weighted by Crippen LogP contribution is 2.26. The summed E-state index contributed by atoms with van der Waals surface area (Å²) < 4.78 is 0. The number of carbonyl (C=O) groups excluding carboxylic acids is 2. The second-order valence-corrected chi connectivity index (χ2v) is 11.2.